The van der Waals surface area contributed by atoms with Crippen molar-refractivity contribution in [2.75, 3.05) is 0 Å². The van der Waals surface area contributed by atoms with Gasteiger partial charge in [-0.2, -0.15) is 0 Å². The zero-order chi connectivity index (χ0) is 26.9. The first-order valence-corrected chi connectivity index (χ1v) is 11.4. The van der Waals surface area contributed by atoms with Gasteiger partial charge in [0.15, 0.2) is 11.6 Å². The first-order valence-electron chi connectivity index (χ1n) is 11.4. The number of nitrogens with one attached hydrogen (secondary N) is 2. The molecule has 0 aliphatic heterocycles. The molecule has 0 unspecified atom stereocenters. The first-order chi connectivity index (χ1) is 18.4. The molecule has 12 heteroatoms. The molecule has 4 N–H and O–H groups in total. The van der Waals surface area contributed by atoms with E-state index in [1.165, 1.54) is 12.5 Å². The van der Waals surface area contributed by atoms with Crippen molar-refractivity contribution >= 4 is 18.2 Å². The minimum atomic E-state index is -1.32. The molecule has 38 heavy (non-hydrogen) atoms. The number of hydrogen-bond donors (Lipinski definition) is 4. The number of aromatic nitrogens is 3. The summed E-state index contributed by atoms with van der Waals surface area (Å²) in [4.78, 5) is 44.0. The van der Waals surface area contributed by atoms with E-state index in [0.717, 1.165) is 21.8 Å². The van der Waals surface area contributed by atoms with Crippen molar-refractivity contribution < 1.29 is 38.8 Å². The summed E-state index contributed by atoms with van der Waals surface area (Å²) in [5, 5.41) is 21.6. The highest BCUT2D eigenvalue weighted by molar-refractivity contribution is 5.83. The molecule has 0 fully saturated rings. The van der Waals surface area contributed by atoms with Crippen molar-refractivity contribution in [2.45, 2.75) is 25.7 Å². The molecule has 4 aromatic rings. The van der Waals surface area contributed by atoms with Crippen LogP contribution in [0.4, 0.5) is 9.59 Å². The number of hydrogen-bond acceptors (Lipinski definition) is 9. The van der Waals surface area contributed by atoms with Crippen LogP contribution in [0.2, 0.25) is 0 Å². The highest BCUT2D eigenvalue weighted by atomic mass is 16.6. The molecule has 0 saturated carbocycles. The number of amides is 1. The molecular weight excluding hydrogens is 496 g/mol. The Morgan fingerprint density at radius 2 is 1.58 bits per heavy atom. The van der Waals surface area contributed by atoms with Crippen molar-refractivity contribution in [2.24, 2.45) is 0 Å². The summed E-state index contributed by atoms with van der Waals surface area (Å²) >= 11 is 0. The van der Waals surface area contributed by atoms with E-state index in [0.29, 0.717) is 0 Å². The van der Waals surface area contributed by atoms with Crippen LogP contribution in [0.1, 0.15) is 16.8 Å². The molecule has 1 amide bonds. The van der Waals surface area contributed by atoms with E-state index < -0.39 is 36.0 Å². The maximum absolute atomic E-state index is 12.9. The van der Waals surface area contributed by atoms with Gasteiger partial charge in [0.1, 0.15) is 25.6 Å². The van der Waals surface area contributed by atoms with Gasteiger partial charge < -0.3 is 29.7 Å². The van der Waals surface area contributed by atoms with Gasteiger partial charge in [-0.05, 0) is 11.1 Å². The molecule has 1 atom stereocenters. The van der Waals surface area contributed by atoms with E-state index in [4.69, 9.17) is 14.2 Å². The van der Waals surface area contributed by atoms with Crippen LogP contribution in [-0.2, 0) is 33.9 Å². The molecule has 0 saturated heterocycles. The van der Waals surface area contributed by atoms with Crippen molar-refractivity contribution in [1.29, 1.82) is 0 Å². The lowest BCUT2D eigenvalue weighted by molar-refractivity contribution is -0.136. The Kier molecular flexibility index (Phi) is 8.24. The van der Waals surface area contributed by atoms with Crippen LogP contribution in [0.3, 0.4) is 0 Å². The third kappa shape index (κ3) is 7.13. The molecule has 2 heterocycles. The fourth-order valence-electron chi connectivity index (χ4n) is 3.34. The number of rotatable bonds is 9. The molecular formula is C26H24N4O8. The Labute approximate surface area is 216 Å². The van der Waals surface area contributed by atoms with Gasteiger partial charge in [-0.15, -0.1) is 0 Å². The van der Waals surface area contributed by atoms with Crippen molar-refractivity contribution in [1.82, 2.24) is 19.9 Å². The van der Waals surface area contributed by atoms with Crippen molar-refractivity contribution in [3.63, 3.8) is 0 Å². The predicted octanol–water partition coefficient (Wildman–Crippen LogP) is 3.25. The fourth-order valence-corrected chi connectivity index (χ4v) is 3.34. The maximum Gasteiger partial charge on any atom is 0.419 e. The quantitative estimate of drug-likeness (QED) is 0.242. The molecule has 12 nitrogen and oxygen atoms in total. The minimum Gasteiger partial charge on any atom is -0.494 e. The van der Waals surface area contributed by atoms with Crippen molar-refractivity contribution in [3.05, 3.63) is 96.1 Å². The lowest BCUT2D eigenvalue weighted by Crippen LogP contribution is -2.44. The average molecular weight is 520 g/mol. The third-order valence-electron chi connectivity index (χ3n) is 5.21. The summed E-state index contributed by atoms with van der Waals surface area (Å²) in [6.07, 6.45) is 0.794. The predicted molar refractivity (Wildman–Crippen MR) is 131 cm³/mol. The van der Waals surface area contributed by atoms with Crippen LogP contribution < -0.4 is 10.1 Å². The van der Waals surface area contributed by atoms with E-state index in [2.05, 4.69) is 15.3 Å². The summed E-state index contributed by atoms with van der Waals surface area (Å²) in [5.41, 5.74) is 1.80. The standard InChI is InChI=1S/C26H24N4O8/c31-22-12-21(23(32)29-22)38-24(33)20(28-25(34)36-14-17-7-3-1-4-8-17)11-19-13-30(16-27-19)26(35)37-15-18-9-5-2-6-10-18/h1-10,12-13,16,20,29,31-32H,11,14-15H2,(H,28,34)/t20-/m0/s1. The number of carbonyl (C=O) groups excluding carboxylic acids is 3. The normalized spacial score (nSPS) is 11.4. The van der Waals surface area contributed by atoms with Crippen LogP contribution in [0.5, 0.6) is 17.5 Å². The summed E-state index contributed by atoms with van der Waals surface area (Å²) < 4.78 is 16.7. The number of aromatic hydroxyl groups is 2. The molecule has 0 aliphatic carbocycles. The number of alkyl carbamates (subject to hydrolysis) is 1. The topological polar surface area (TPSA) is 165 Å². The Morgan fingerprint density at radius 3 is 2.18 bits per heavy atom. The smallest absolute Gasteiger partial charge is 0.419 e. The van der Waals surface area contributed by atoms with E-state index in [1.54, 1.807) is 24.3 Å². The summed E-state index contributed by atoms with van der Waals surface area (Å²) in [7, 11) is 0. The zero-order valence-electron chi connectivity index (χ0n) is 19.9. The van der Waals surface area contributed by atoms with Crippen LogP contribution in [0.15, 0.2) is 79.3 Å². The molecule has 0 spiro atoms. The second-order valence-electron chi connectivity index (χ2n) is 8.06. The lowest BCUT2D eigenvalue weighted by atomic mass is 10.1. The zero-order valence-corrected chi connectivity index (χ0v) is 19.9. The third-order valence-corrected chi connectivity index (χ3v) is 5.21. The minimum absolute atomic E-state index is 0.0389. The lowest BCUT2D eigenvalue weighted by Gasteiger charge is -2.16. The number of H-pyrrole nitrogens is 1. The van der Waals surface area contributed by atoms with E-state index >= 15 is 0 Å². The van der Waals surface area contributed by atoms with Gasteiger partial charge in [0.25, 0.3) is 0 Å². The Morgan fingerprint density at radius 1 is 0.947 bits per heavy atom. The second kappa shape index (κ2) is 12.1. The molecule has 0 aliphatic rings. The van der Waals surface area contributed by atoms with E-state index in [-0.39, 0.29) is 31.1 Å². The van der Waals surface area contributed by atoms with Gasteiger partial charge in [-0.1, -0.05) is 60.7 Å². The largest absolute Gasteiger partial charge is 0.494 e. The van der Waals surface area contributed by atoms with Crippen molar-refractivity contribution in [3.8, 4) is 17.5 Å². The number of nitrogens with zero attached hydrogens (tertiary/aromatic N) is 2. The van der Waals surface area contributed by atoms with E-state index in [1.807, 2.05) is 36.4 Å². The van der Waals surface area contributed by atoms with Gasteiger partial charge in [0.2, 0.25) is 5.88 Å². The molecule has 0 bridgehead atoms. The SMILES string of the molecule is O=C(N[C@@H](Cc1cn(C(=O)OCc2ccccc2)cn1)C(=O)Oc1cc(O)[nH]c1O)OCc1ccccc1. The Bertz CT molecular complexity index is 1380. The number of imidazole rings is 1. The number of benzene rings is 2. The highest BCUT2D eigenvalue weighted by Crippen LogP contribution is 2.29. The number of aromatic amines is 1. The van der Waals surface area contributed by atoms with Gasteiger partial charge in [0, 0.05) is 18.7 Å². The second-order valence-corrected chi connectivity index (χ2v) is 8.06. The van der Waals surface area contributed by atoms with Gasteiger partial charge >= 0.3 is 18.2 Å². The number of carbonyl (C=O) groups is 3. The summed E-state index contributed by atoms with van der Waals surface area (Å²) in [6, 6.07) is 17.7. The molecule has 0 radical (unpaired) electrons. The fraction of sp³-hybridized carbons (Fsp3) is 0.154. The molecule has 4 rings (SSSR count). The van der Waals surface area contributed by atoms with Gasteiger partial charge in [0.05, 0.1) is 5.69 Å². The number of ether oxygens (including phenoxy) is 3. The van der Waals surface area contributed by atoms with Crippen LogP contribution in [0, 0.1) is 0 Å². The van der Waals surface area contributed by atoms with Crippen LogP contribution in [0.25, 0.3) is 0 Å². The first kappa shape index (κ1) is 25.8. The highest BCUT2D eigenvalue weighted by Gasteiger charge is 2.27. The average Bonchev–Trinajstić information content (AvgIpc) is 3.52. The molecule has 2 aromatic heterocycles. The van der Waals surface area contributed by atoms with Gasteiger partial charge in [-0.25, -0.2) is 23.9 Å². The monoisotopic (exact) mass is 520 g/mol. The maximum atomic E-state index is 12.9. The Hall–Kier alpha value is -5.26. The molecule has 2 aromatic carbocycles. The van der Waals surface area contributed by atoms with Crippen LogP contribution >= 0.6 is 0 Å². The number of esters is 1. The van der Waals surface area contributed by atoms with Gasteiger partial charge in [-0.3, -0.25) is 4.98 Å². The Balaban J connectivity index is 1.41. The molecule has 196 valence electrons. The van der Waals surface area contributed by atoms with Crippen LogP contribution in [-0.4, -0.2) is 48.9 Å². The van der Waals surface area contributed by atoms with E-state index in [9.17, 15) is 24.6 Å². The summed E-state index contributed by atoms with van der Waals surface area (Å²) in [5.74, 6) is -2.32. The summed E-state index contributed by atoms with van der Waals surface area (Å²) in [6.45, 7) is 0.0206.